The third-order valence-corrected chi connectivity index (χ3v) is 3.54. The van der Waals surface area contributed by atoms with Crippen LogP contribution in [-0.4, -0.2) is 38.8 Å². The molecule has 0 unspecified atom stereocenters. The Morgan fingerprint density at radius 2 is 2.10 bits per heavy atom. The van der Waals surface area contributed by atoms with Gasteiger partial charge in [0.05, 0.1) is 6.07 Å². The zero-order chi connectivity index (χ0) is 14.6. The average molecular weight is 273 g/mol. The van der Waals surface area contributed by atoms with Crippen LogP contribution in [0.5, 0.6) is 0 Å². The number of nitrogens with zero attached hydrogens (tertiary/aromatic N) is 2. The molecule has 1 aromatic carbocycles. The standard InChI is InChI=1S/C15H19N3O2/c1-18(2)13-5-3-4-12(10-13)14(19)17-15(11-16)6-8-20-9-7-15/h3-5,10H,6-9H2,1-2H3,(H,17,19). The lowest BCUT2D eigenvalue weighted by Gasteiger charge is -2.31. The molecule has 1 aromatic rings. The zero-order valence-corrected chi connectivity index (χ0v) is 11.8. The Labute approximate surface area is 119 Å². The van der Waals surface area contributed by atoms with Crippen LogP contribution in [0.4, 0.5) is 5.69 Å². The van der Waals surface area contributed by atoms with Crippen molar-refractivity contribution in [3.8, 4) is 6.07 Å². The van der Waals surface area contributed by atoms with E-state index in [1.807, 2.05) is 37.2 Å². The molecule has 5 heteroatoms. The largest absolute Gasteiger partial charge is 0.381 e. The Morgan fingerprint density at radius 1 is 1.40 bits per heavy atom. The summed E-state index contributed by atoms with van der Waals surface area (Å²) in [6, 6.07) is 9.59. The smallest absolute Gasteiger partial charge is 0.252 e. The van der Waals surface area contributed by atoms with Crippen LogP contribution in [0, 0.1) is 11.3 Å². The summed E-state index contributed by atoms with van der Waals surface area (Å²) in [6.45, 7) is 1.01. The number of hydrogen-bond donors (Lipinski definition) is 1. The highest BCUT2D eigenvalue weighted by Gasteiger charge is 2.34. The summed E-state index contributed by atoms with van der Waals surface area (Å²) in [5.74, 6) is -0.211. The van der Waals surface area contributed by atoms with Crippen LogP contribution in [-0.2, 0) is 4.74 Å². The number of nitriles is 1. The first-order chi connectivity index (χ1) is 9.56. The van der Waals surface area contributed by atoms with Crippen LogP contribution < -0.4 is 10.2 Å². The summed E-state index contributed by atoms with van der Waals surface area (Å²) < 4.78 is 5.26. The van der Waals surface area contributed by atoms with Crippen LogP contribution in [0.25, 0.3) is 0 Å². The van der Waals surface area contributed by atoms with Gasteiger partial charge in [-0.3, -0.25) is 4.79 Å². The zero-order valence-electron chi connectivity index (χ0n) is 11.8. The highest BCUT2D eigenvalue weighted by Crippen LogP contribution is 2.21. The molecular formula is C15H19N3O2. The lowest BCUT2D eigenvalue weighted by Crippen LogP contribution is -2.50. The first-order valence-electron chi connectivity index (χ1n) is 6.65. The number of amides is 1. The molecule has 1 heterocycles. The van der Waals surface area contributed by atoms with Crippen molar-refractivity contribution >= 4 is 11.6 Å². The van der Waals surface area contributed by atoms with E-state index in [1.165, 1.54) is 0 Å². The Kier molecular flexibility index (Phi) is 4.26. The van der Waals surface area contributed by atoms with Crippen LogP contribution >= 0.6 is 0 Å². The van der Waals surface area contributed by atoms with E-state index in [-0.39, 0.29) is 5.91 Å². The fraction of sp³-hybridized carbons (Fsp3) is 0.467. The van der Waals surface area contributed by atoms with E-state index in [9.17, 15) is 10.1 Å². The van der Waals surface area contributed by atoms with Gasteiger partial charge in [0.1, 0.15) is 5.54 Å². The van der Waals surface area contributed by atoms with Crippen molar-refractivity contribution in [1.29, 1.82) is 5.26 Å². The molecule has 1 N–H and O–H groups in total. The molecule has 0 radical (unpaired) electrons. The Balaban J connectivity index is 2.15. The Morgan fingerprint density at radius 3 is 2.70 bits per heavy atom. The summed E-state index contributed by atoms with van der Waals surface area (Å²) in [6.07, 6.45) is 1.06. The SMILES string of the molecule is CN(C)c1cccc(C(=O)NC2(C#N)CCOCC2)c1. The van der Waals surface area contributed by atoms with Gasteiger partial charge in [0.25, 0.3) is 5.91 Å². The summed E-state index contributed by atoms with van der Waals surface area (Å²) in [5, 5.41) is 12.2. The maximum absolute atomic E-state index is 12.3. The van der Waals surface area contributed by atoms with E-state index in [4.69, 9.17) is 4.74 Å². The quantitative estimate of drug-likeness (QED) is 0.907. The predicted molar refractivity (Wildman–Crippen MR) is 76.6 cm³/mol. The molecule has 106 valence electrons. The third-order valence-electron chi connectivity index (χ3n) is 3.54. The Hall–Kier alpha value is -2.06. The molecular weight excluding hydrogens is 254 g/mol. The molecule has 1 aliphatic heterocycles. The van der Waals surface area contributed by atoms with Crippen molar-refractivity contribution in [2.24, 2.45) is 0 Å². The minimum Gasteiger partial charge on any atom is -0.381 e. The fourth-order valence-corrected chi connectivity index (χ4v) is 2.20. The van der Waals surface area contributed by atoms with Gasteiger partial charge in [-0.15, -0.1) is 0 Å². The van der Waals surface area contributed by atoms with Gasteiger partial charge in [-0.2, -0.15) is 5.26 Å². The lowest BCUT2D eigenvalue weighted by atomic mass is 9.91. The van der Waals surface area contributed by atoms with Gasteiger partial charge < -0.3 is 15.0 Å². The molecule has 0 atom stereocenters. The number of anilines is 1. The minimum atomic E-state index is -0.802. The van der Waals surface area contributed by atoms with Gasteiger partial charge in [-0.25, -0.2) is 0 Å². The van der Waals surface area contributed by atoms with Gasteiger partial charge in [-0.1, -0.05) is 6.07 Å². The first-order valence-corrected chi connectivity index (χ1v) is 6.65. The van der Waals surface area contributed by atoms with Crippen molar-refractivity contribution in [2.45, 2.75) is 18.4 Å². The van der Waals surface area contributed by atoms with Crippen LogP contribution in [0.15, 0.2) is 24.3 Å². The number of hydrogen-bond acceptors (Lipinski definition) is 4. The molecule has 1 saturated heterocycles. The van der Waals surface area contributed by atoms with Crippen LogP contribution in [0.2, 0.25) is 0 Å². The highest BCUT2D eigenvalue weighted by atomic mass is 16.5. The van der Waals surface area contributed by atoms with E-state index >= 15 is 0 Å². The topological polar surface area (TPSA) is 65.4 Å². The molecule has 1 aliphatic rings. The molecule has 1 amide bonds. The fourth-order valence-electron chi connectivity index (χ4n) is 2.20. The molecule has 0 spiro atoms. The summed E-state index contributed by atoms with van der Waals surface area (Å²) in [7, 11) is 3.85. The third kappa shape index (κ3) is 3.09. The van der Waals surface area contributed by atoms with Crippen molar-refractivity contribution in [1.82, 2.24) is 5.32 Å². The van der Waals surface area contributed by atoms with E-state index in [0.29, 0.717) is 31.6 Å². The number of nitrogens with one attached hydrogen (secondary N) is 1. The van der Waals surface area contributed by atoms with E-state index in [0.717, 1.165) is 5.69 Å². The second kappa shape index (κ2) is 5.93. The van der Waals surface area contributed by atoms with E-state index in [2.05, 4.69) is 11.4 Å². The Bertz CT molecular complexity index is 528. The summed E-state index contributed by atoms with van der Waals surface area (Å²) in [5.41, 5.74) is 0.719. The number of rotatable bonds is 3. The van der Waals surface area contributed by atoms with Gasteiger partial charge in [0.15, 0.2) is 0 Å². The average Bonchev–Trinajstić information content (AvgIpc) is 2.48. The van der Waals surface area contributed by atoms with Crippen LogP contribution in [0.3, 0.4) is 0 Å². The lowest BCUT2D eigenvalue weighted by molar-refractivity contribution is 0.0531. The van der Waals surface area contributed by atoms with Crippen LogP contribution in [0.1, 0.15) is 23.2 Å². The second-order valence-corrected chi connectivity index (χ2v) is 5.21. The van der Waals surface area contributed by atoms with Crippen molar-refractivity contribution in [2.75, 3.05) is 32.2 Å². The van der Waals surface area contributed by atoms with E-state index in [1.54, 1.807) is 6.07 Å². The maximum Gasteiger partial charge on any atom is 0.252 e. The summed E-state index contributed by atoms with van der Waals surface area (Å²) in [4.78, 5) is 14.3. The molecule has 0 aliphatic carbocycles. The molecule has 0 aromatic heterocycles. The molecule has 20 heavy (non-hydrogen) atoms. The summed E-state index contributed by atoms with van der Waals surface area (Å²) >= 11 is 0. The number of benzene rings is 1. The first kappa shape index (κ1) is 14.4. The maximum atomic E-state index is 12.3. The molecule has 2 rings (SSSR count). The van der Waals surface area contributed by atoms with Crippen molar-refractivity contribution < 1.29 is 9.53 Å². The normalized spacial score (nSPS) is 17.1. The van der Waals surface area contributed by atoms with Gasteiger partial charge in [0, 0.05) is 51.4 Å². The van der Waals surface area contributed by atoms with Gasteiger partial charge in [-0.05, 0) is 18.2 Å². The molecule has 0 bridgehead atoms. The van der Waals surface area contributed by atoms with Gasteiger partial charge in [0.2, 0.25) is 0 Å². The number of carbonyl (C=O) groups is 1. The van der Waals surface area contributed by atoms with E-state index < -0.39 is 5.54 Å². The monoisotopic (exact) mass is 273 g/mol. The number of carbonyl (C=O) groups excluding carboxylic acids is 1. The molecule has 1 fully saturated rings. The van der Waals surface area contributed by atoms with Crippen molar-refractivity contribution in [3.63, 3.8) is 0 Å². The molecule has 0 saturated carbocycles. The minimum absolute atomic E-state index is 0.211. The molecule has 5 nitrogen and oxygen atoms in total. The highest BCUT2D eigenvalue weighted by molar-refractivity contribution is 5.95. The second-order valence-electron chi connectivity index (χ2n) is 5.21. The predicted octanol–water partition coefficient (Wildman–Crippen LogP) is 1.56. The van der Waals surface area contributed by atoms with Crippen molar-refractivity contribution in [3.05, 3.63) is 29.8 Å². The number of ether oxygens (including phenoxy) is 1. The van der Waals surface area contributed by atoms with Gasteiger partial charge >= 0.3 is 0 Å².